The monoisotopic (exact) mass is 548 g/mol. The fourth-order valence-corrected chi connectivity index (χ4v) is 4.27. The number of hydrogen-bond donors (Lipinski definition) is 1. The van der Waals surface area contributed by atoms with Gasteiger partial charge in [-0.05, 0) is 54.8 Å². The standard InChI is InChI=1S/C25H21BrF4N4O/c1-3-19-23(21(4-2)34(33-19)13-14-5-8-16(27)9-6-14)32-24(35)18-12-22(25(28,29)30)31-20-10-7-15(26)11-17(18)20/h5-12H,3-4,13H2,1-2H3,(H,32,35). The quantitative estimate of drug-likeness (QED) is 0.270. The summed E-state index contributed by atoms with van der Waals surface area (Å²) in [4.78, 5) is 17.1. The van der Waals surface area contributed by atoms with E-state index in [0.717, 1.165) is 17.3 Å². The minimum atomic E-state index is -4.71. The van der Waals surface area contributed by atoms with Gasteiger partial charge in [-0.25, -0.2) is 9.37 Å². The van der Waals surface area contributed by atoms with E-state index in [1.807, 2.05) is 13.8 Å². The van der Waals surface area contributed by atoms with Gasteiger partial charge in [-0.15, -0.1) is 0 Å². The third-order valence-corrected chi connectivity index (χ3v) is 6.08. The average Bonchev–Trinajstić information content (AvgIpc) is 3.14. The van der Waals surface area contributed by atoms with Crippen LogP contribution in [0, 0.1) is 5.82 Å². The van der Waals surface area contributed by atoms with E-state index in [4.69, 9.17) is 0 Å². The highest BCUT2D eigenvalue weighted by Gasteiger charge is 2.34. The van der Waals surface area contributed by atoms with Crippen molar-refractivity contribution >= 4 is 38.4 Å². The van der Waals surface area contributed by atoms with Crippen LogP contribution < -0.4 is 5.32 Å². The van der Waals surface area contributed by atoms with Crippen molar-refractivity contribution in [1.82, 2.24) is 14.8 Å². The number of rotatable bonds is 6. The van der Waals surface area contributed by atoms with Crippen LogP contribution >= 0.6 is 15.9 Å². The Bertz CT molecular complexity index is 1400. The Labute approximate surface area is 207 Å². The lowest BCUT2D eigenvalue weighted by atomic mass is 10.1. The number of carbonyl (C=O) groups excluding carboxylic acids is 1. The molecule has 0 spiro atoms. The first kappa shape index (κ1) is 24.8. The molecule has 0 saturated heterocycles. The highest BCUT2D eigenvalue weighted by Crippen LogP contribution is 2.33. The van der Waals surface area contributed by atoms with Crippen molar-refractivity contribution in [2.75, 3.05) is 5.32 Å². The number of nitrogens with zero attached hydrogens (tertiary/aromatic N) is 3. The Balaban J connectivity index is 1.76. The van der Waals surface area contributed by atoms with Gasteiger partial charge in [0, 0.05) is 9.86 Å². The molecule has 2 aromatic carbocycles. The van der Waals surface area contributed by atoms with E-state index in [9.17, 15) is 22.4 Å². The molecule has 0 fully saturated rings. The summed E-state index contributed by atoms with van der Waals surface area (Å²) in [6, 6.07) is 11.4. The predicted molar refractivity (Wildman–Crippen MR) is 129 cm³/mol. The van der Waals surface area contributed by atoms with Gasteiger partial charge in [-0.1, -0.05) is 41.9 Å². The summed E-state index contributed by atoms with van der Waals surface area (Å²) < 4.78 is 56.1. The van der Waals surface area contributed by atoms with Gasteiger partial charge < -0.3 is 5.32 Å². The van der Waals surface area contributed by atoms with Crippen LogP contribution in [0.1, 0.15) is 46.9 Å². The van der Waals surface area contributed by atoms with E-state index in [2.05, 4.69) is 31.3 Å². The Hall–Kier alpha value is -3.27. The molecule has 1 N–H and O–H groups in total. The first-order valence-electron chi connectivity index (χ1n) is 10.9. The molecule has 4 aromatic rings. The summed E-state index contributed by atoms with van der Waals surface area (Å²) in [5, 5.41) is 7.71. The lowest BCUT2D eigenvalue weighted by Gasteiger charge is -2.13. The third-order valence-electron chi connectivity index (χ3n) is 5.59. The summed E-state index contributed by atoms with van der Waals surface area (Å²) >= 11 is 3.31. The van der Waals surface area contributed by atoms with Gasteiger partial charge in [0.1, 0.15) is 11.5 Å². The Morgan fingerprint density at radius 3 is 2.40 bits per heavy atom. The second kappa shape index (κ2) is 9.77. The number of benzene rings is 2. The lowest BCUT2D eigenvalue weighted by Crippen LogP contribution is -2.17. The zero-order valence-electron chi connectivity index (χ0n) is 18.9. The van der Waals surface area contributed by atoms with E-state index in [1.165, 1.54) is 18.2 Å². The molecule has 0 unspecified atom stereocenters. The van der Waals surface area contributed by atoms with E-state index in [0.29, 0.717) is 40.6 Å². The van der Waals surface area contributed by atoms with Crippen LogP contribution in [-0.2, 0) is 25.6 Å². The molecule has 0 aliphatic heterocycles. The van der Waals surface area contributed by atoms with Crippen LogP contribution in [0.2, 0.25) is 0 Å². The molecule has 0 bridgehead atoms. The number of fused-ring (bicyclic) bond motifs is 1. The molecule has 0 radical (unpaired) electrons. The Kier molecular flexibility index (Phi) is 6.93. The normalized spacial score (nSPS) is 11.7. The van der Waals surface area contributed by atoms with Crippen molar-refractivity contribution in [3.8, 4) is 0 Å². The van der Waals surface area contributed by atoms with E-state index in [1.54, 1.807) is 28.9 Å². The van der Waals surface area contributed by atoms with Crippen LogP contribution in [-0.4, -0.2) is 20.7 Å². The number of carbonyl (C=O) groups is 1. The summed E-state index contributed by atoms with van der Waals surface area (Å²) in [6.07, 6.45) is -3.70. The molecule has 4 rings (SSSR count). The second-order valence-corrected chi connectivity index (χ2v) is 8.84. The van der Waals surface area contributed by atoms with Crippen molar-refractivity contribution in [1.29, 1.82) is 0 Å². The molecule has 0 saturated carbocycles. The van der Waals surface area contributed by atoms with Crippen molar-refractivity contribution < 1.29 is 22.4 Å². The van der Waals surface area contributed by atoms with Gasteiger partial charge >= 0.3 is 6.18 Å². The summed E-state index contributed by atoms with van der Waals surface area (Å²) in [5.74, 6) is -1.03. The van der Waals surface area contributed by atoms with Crippen LogP contribution in [0.3, 0.4) is 0 Å². The minimum Gasteiger partial charge on any atom is -0.319 e. The minimum absolute atomic E-state index is 0.0617. The molecule has 1 amide bonds. The maximum Gasteiger partial charge on any atom is 0.433 e. The maximum atomic E-state index is 13.5. The number of aryl methyl sites for hydroxylation is 1. The van der Waals surface area contributed by atoms with E-state index in [-0.39, 0.29) is 16.9 Å². The average molecular weight is 549 g/mol. The van der Waals surface area contributed by atoms with Crippen molar-refractivity contribution in [3.05, 3.63) is 87.0 Å². The lowest BCUT2D eigenvalue weighted by molar-refractivity contribution is -0.140. The van der Waals surface area contributed by atoms with Gasteiger partial charge in [0.25, 0.3) is 5.91 Å². The number of nitrogens with one attached hydrogen (secondary N) is 1. The second-order valence-electron chi connectivity index (χ2n) is 7.93. The molecular weight excluding hydrogens is 528 g/mol. The highest BCUT2D eigenvalue weighted by atomic mass is 79.9. The van der Waals surface area contributed by atoms with Crippen molar-refractivity contribution in [2.24, 2.45) is 0 Å². The smallest absolute Gasteiger partial charge is 0.319 e. The molecule has 182 valence electrons. The Morgan fingerprint density at radius 2 is 1.77 bits per heavy atom. The number of amides is 1. The number of alkyl halides is 3. The first-order chi connectivity index (χ1) is 16.6. The molecular formula is C25H21BrF4N4O. The number of pyridine rings is 1. The van der Waals surface area contributed by atoms with Crippen molar-refractivity contribution in [2.45, 2.75) is 39.4 Å². The topological polar surface area (TPSA) is 59.8 Å². The molecule has 2 aromatic heterocycles. The molecule has 5 nitrogen and oxygen atoms in total. The number of aromatic nitrogens is 3. The summed E-state index contributed by atoms with van der Waals surface area (Å²) in [7, 11) is 0. The molecule has 0 aliphatic rings. The van der Waals surface area contributed by atoms with Crippen molar-refractivity contribution in [3.63, 3.8) is 0 Å². The largest absolute Gasteiger partial charge is 0.433 e. The SMILES string of the molecule is CCc1nn(Cc2ccc(F)cc2)c(CC)c1NC(=O)c1cc(C(F)(F)F)nc2ccc(Br)cc12. The van der Waals surface area contributed by atoms with Crippen LogP contribution in [0.4, 0.5) is 23.2 Å². The highest BCUT2D eigenvalue weighted by molar-refractivity contribution is 9.10. The summed E-state index contributed by atoms with van der Waals surface area (Å²) in [6.45, 7) is 4.13. The maximum absolute atomic E-state index is 13.5. The third kappa shape index (κ3) is 5.22. The zero-order chi connectivity index (χ0) is 25.3. The molecule has 10 heteroatoms. The van der Waals surface area contributed by atoms with Gasteiger partial charge in [-0.2, -0.15) is 18.3 Å². The summed E-state index contributed by atoms with van der Waals surface area (Å²) in [5.41, 5.74) is 1.39. The van der Waals surface area contributed by atoms with E-state index >= 15 is 0 Å². The number of anilines is 1. The predicted octanol–water partition coefficient (Wildman–Crippen LogP) is 6.78. The molecule has 2 heterocycles. The number of halogens is 5. The van der Waals surface area contributed by atoms with Gasteiger partial charge in [-0.3, -0.25) is 9.48 Å². The molecule has 0 aliphatic carbocycles. The van der Waals surface area contributed by atoms with Crippen LogP contribution in [0.15, 0.2) is 53.0 Å². The van der Waals surface area contributed by atoms with Crippen LogP contribution in [0.25, 0.3) is 10.9 Å². The molecule has 35 heavy (non-hydrogen) atoms. The molecule has 0 atom stereocenters. The fraction of sp³-hybridized carbons (Fsp3) is 0.240. The van der Waals surface area contributed by atoms with Crippen LogP contribution in [0.5, 0.6) is 0 Å². The fourth-order valence-electron chi connectivity index (χ4n) is 3.91. The van der Waals surface area contributed by atoms with Gasteiger partial charge in [0.05, 0.1) is 34.7 Å². The van der Waals surface area contributed by atoms with Gasteiger partial charge in [0.2, 0.25) is 0 Å². The van der Waals surface area contributed by atoms with E-state index < -0.39 is 17.8 Å². The zero-order valence-corrected chi connectivity index (χ0v) is 20.5. The number of hydrogen-bond acceptors (Lipinski definition) is 3. The first-order valence-corrected chi connectivity index (χ1v) is 11.7. The van der Waals surface area contributed by atoms with Gasteiger partial charge in [0.15, 0.2) is 0 Å². The Morgan fingerprint density at radius 1 is 1.06 bits per heavy atom.